The summed E-state index contributed by atoms with van der Waals surface area (Å²) in [6, 6.07) is 0. The topological polar surface area (TPSA) is 46.2 Å². The molecule has 1 rings (SSSR count). The fourth-order valence-electron chi connectivity index (χ4n) is 1.68. The minimum Gasteiger partial charge on any atom is -0.506 e. The Morgan fingerprint density at radius 2 is 1.71 bits per heavy atom. The Hall–Kier alpha value is -0.730. The number of benzene rings is 1. The maximum Gasteiger partial charge on any atom is 0.137 e. The summed E-state index contributed by atoms with van der Waals surface area (Å²) >= 11 is 6.00. The summed E-state index contributed by atoms with van der Waals surface area (Å²) < 4.78 is 0. The predicted molar refractivity (Wildman–Crippen MR) is 60.1 cm³/mol. The average molecular weight is 214 g/mol. The molecule has 14 heavy (non-hydrogen) atoms. The van der Waals surface area contributed by atoms with Gasteiger partial charge in [-0.3, -0.25) is 0 Å². The van der Waals surface area contributed by atoms with Crippen molar-refractivity contribution < 1.29 is 5.11 Å². The lowest BCUT2D eigenvalue weighted by atomic mass is 9.95. The number of hydrogen-bond acceptors (Lipinski definition) is 2. The summed E-state index contributed by atoms with van der Waals surface area (Å²) in [6.07, 6.45) is 0.804. The van der Waals surface area contributed by atoms with Gasteiger partial charge in [0, 0.05) is 0 Å². The molecule has 1 aromatic rings. The van der Waals surface area contributed by atoms with Crippen LogP contribution in [0.15, 0.2) is 0 Å². The summed E-state index contributed by atoms with van der Waals surface area (Å²) in [6.45, 7) is 6.38. The van der Waals surface area contributed by atoms with Crippen molar-refractivity contribution in [3.05, 3.63) is 27.3 Å². The minimum absolute atomic E-state index is 0.197. The van der Waals surface area contributed by atoms with E-state index in [9.17, 15) is 5.11 Å². The first-order valence-corrected chi connectivity index (χ1v) is 5.05. The minimum atomic E-state index is 0.197. The third kappa shape index (κ3) is 1.72. The van der Waals surface area contributed by atoms with E-state index < -0.39 is 0 Å². The van der Waals surface area contributed by atoms with Gasteiger partial charge < -0.3 is 10.8 Å². The highest BCUT2D eigenvalue weighted by Crippen LogP contribution is 2.35. The van der Waals surface area contributed by atoms with E-state index in [2.05, 4.69) is 0 Å². The second-order valence-electron chi connectivity index (χ2n) is 3.55. The van der Waals surface area contributed by atoms with E-state index in [1.165, 1.54) is 0 Å². The second-order valence-corrected chi connectivity index (χ2v) is 3.93. The SMILES string of the molecule is Cc1c(C)c(CCN)c(C)c(Cl)c1O. The van der Waals surface area contributed by atoms with Crippen LogP contribution in [0.25, 0.3) is 0 Å². The Kier molecular flexibility index (Phi) is 3.40. The van der Waals surface area contributed by atoms with Crippen LogP contribution in [0.1, 0.15) is 22.3 Å². The quantitative estimate of drug-likeness (QED) is 0.793. The Morgan fingerprint density at radius 3 is 2.21 bits per heavy atom. The molecule has 0 spiro atoms. The molecule has 2 nitrogen and oxygen atoms in total. The highest BCUT2D eigenvalue weighted by Gasteiger charge is 2.14. The van der Waals surface area contributed by atoms with Crippen molar-refractivity contribution in [1.29, 1.82) is 0 Å². The Balaban J connectivity index is 3.43. The number of phenols is 1. The molecule has 0 bridgehead atoms. The van der Waals surface area contributed by atoms with Crippen molar-refractivity contribution in [1.82, 2.24) is 0 Å². The first-order chi connectivity index (χ1) is 6.50. The van der Waals surface area contributed by atoms with Gasteiger partial charge in [-0.25, -0.2) is 0 Å². The molecule has 0 saturated heterocycles. The van der Waals surface area contributed by atoms with Gasteiger partial charge in [-0.2, -0.15) is 0 Å². The van der Waals surface area contributed by atoms with Gasteiger partial charge in [0.1, 0.15) is 5.75 Å². The van der Waals surface area contributed by atoms with Crippen LogP contribution in [-0.2, 0) is 6.42 Å². The van der Waals surface area contributed by atoms with Gasteiger partial charge in [-0.1, -0.05) is 11.6 Å². The van der Waals surface area contributed by atoms with Crippen molar-refractivity contribution in [3.8, 4) is 5.75 Å². The molecule has 0 saturated carbocycles. The summed E-state index contributed by atoms with van der Waals surface area (Å²) in [5.74, 6) is 0.197. The summed E-state index contributed by atoms with van der Waals surface area (Å²) in [7, 11) is 0. The van der Waals surface area contributed by atoms with E-state index in [1.807, 2.05) is 20.8 Å². The summed E-state index contributed by atoms with van der Waals surface area (Å²) in [5, 5.41) is 10.2. The number of nitrogens with two attached hydrogens (primary N) is 1. The highest BCUT2D eigenvalue weighted by atomic mass is 35.5. The second kappa shape index (κ2) is 4.20. The highest BCUT2D eigenvalue weighted by molar-refractivity contribution is 6.33. The van der Waals surface area contributed by atoms with Gasteiger partial charge >= 0.3 is 0 Å². The molecule has 0 atom stereocenters. The van der Waals surface area contributed by atoms with Crippen LogP contribution >= 0.6 is 11.6 Å². The van der Waals surface area contributed by atoms with Crippen LogP contribution in [0.4, 0.5) is 0 Å². The molecule has 0 amide bonds. The van der Waals surface area contributed by atoms with Crippen LogP contribution < -0.4 is 5.73 Å². The molecule has 0 radical (unpaired) electrons. The Morgan fingerprint density at radius 1 is 1.14 bits per heavy atom. The molecule has 3 N–H and O–H groups in total. The van der Waals surface area contributed by atoms with Gasteiger partial charge in [-0.05, 0) is 56.0 Å². The van der Waals surface area contributed by atoms with Crippen LogP contribution in [0, 0.1) is 20.8 Å². The third-order valence-corrected chi connectivity index (χ3v) is 3.22. The predicted octanol–water partition coefficient (Wildman–Crippen LogP) is 2.47. The van der Waals surface area contributed by atoms with Crippen LogP contribution in [-0.4, -0.2) is 11.7 Å². The average Bonchev–Trinajstić information content (AvgIpc) is 2.19. The number of phenolic OH excluding ortho intramolecular Hbond substituents is 1. The van der Waals surface area contributed by atoms with E-state index in [-0.39, 0.29) is 5.75 Å². The molecule has 0 aliphatic heterocycles. The normalized spacial score (nSPS) is 10.6. The summed E-state index contributed by atoms with van der Waals surface area (Å²) in [5.41, 5.74) is 9.58. The lowest BCUT2D eigenvalue weighted by Gasteiger charge is -2.15. The molecule has 1 aromatic carbocycles. The van der Waals surface area contributed by atoms with Crippen LogP contribution in [0.2, 0.25) is 5.02 Å². The zero-order valence-electron chi connectivity index (χ0n) is 8.82. The molecule has 0 aliphatic carbocycles. The molecule has 78 valence electrons. The van der Waals surface area contributed by atoms with Gasteiger partial charge in [0.05, 0.1) is 5.02 Å². The fraction of sp³-hybridized carbons (Fsp3) is 0.455. The van der Waals surface area contributed by atoms with E-state index >= 15 is 0 Å². The molecular weight excluding hydrogens is 198 g/mol. The molecule has 0 fully saturated rings. The van der Waals surface area contributed by atoms with E-state index in [0.717, 1.165) is 28.7 Å². The maximum atomic E-state index is 9.70. The van der Waals surface area contributed by atoms with E-state index in [0.29, 0.717) is 11.6 Å². The van der Waals surface area contributed by atoms with Crippen molar-refractivity contribution in [2.45, 2.75) is 27.2 Å². The monoisotopic (exact) mass is 213 g/mol. The molecule has 0 aliphatic rings. The van der Waals surface area contributed by atoms with Crippen molar-refractivity contribution >= 4 is 11.6 Å². The molecule has 0 aromatic heterocycles. The van der Waals surface area contributed by atoms with Crippen LogP contribution in [0.3, 0.4) is 0 Å². The van der Waals surface area contributed by atoms with Gasteiger partial charge in [0.2, 0.25) is 0 Å². The standard InChI is InChI=1S/C11H16ClNO/c1-6-7(2)11(14)10(12)8(3)9(6)4-5-13/h14H,4-5,13H2,1-3H3. The number of hydrogen-bond donors (Lipinski definition) is 2. The van der Waals surface area contributed by atoms with Crippen molar-refractivity contribution in [2.24, 2.45) is 5.73 Å². The van der Waals surface area contributed by atoms with Gasteiger partial charge in [0.25, 0.3) is 0 Å². The van der Waals surface area contributed by atoms with Gasteiger partial charge in [-0.15, -0.1) is 0 Å². The summed E-state index contributed by atoms with van der Waals surface area (Å²) in [4.78, 5) is 0. The van der Waals surface area contributed by atoms with Crippen LogP contribution in [0.5, 0.6) is 5.75 Å². The van der Waals surface area contributed by atoms with Gasteiger partial charge in [0.15, 0.2) is 0 Å². The zero-order valence-corrected chi connectivity index (χ0v) is 9.57. The lowest BCUT2D eigenvalue weighted by Crippen LogP contribution is -2.07. The first kappa shape index (κ1) is 11.3. The first-order valence-electron chi connectivity index (χ1n) is 4.67. The lowest BCUT2D eigenvalue weighted by molar-refractivity contribution is 0.470. The van der Waals surface area contributed by atoms with Crippen molar-refractivity contribution in [2.75, 3.05) is 6.54 Å². The zero-order chi connectivity index (χ0) is 10.9. The molecule has 0 heterocycles. The van der Waals surface area contributed by atoms with E-state index in [1.54, 1.807) is 0 Å². The fourth-order valence-corrected chi connectivity index (χ4v) is 1.94. The van der Waals surface area contributed by atoms with Crippen molar-refractivity contribution in [3.63, 3.8) is 0 Å². The Labute approximate surface area is 89.7 Å². The maximum absolute atomic E-state index is 9.70. The number of rotatable bonds is 2. The van der Waals surface area contributed by atoms with E-state index in [4.69, 9.17) is 17.3 Å². The largest absolute Gasteiger partial charge is 0.506 e. The number of aromatic hydroxyl groups is 1. The Bertz CT molecular complexity index is 332. The molecular formula is C11H16ClNO. The third-order valence-electron chi connectivity index (χ3n) is 2.75. The molecule has 3 heteroatoms. The number of halogens is 1. The smallest absolute Gasteiger partial charge is 0.137 e. The molecule has 0 unspecified atom stereocenters.